The molecule has 0 fully saturated rings. The molecule has 0 aliphatic carbocycles. The third-order valence-electron chi connectivity index (χ3n) is 1.42. The normalized spacial score (nSPS) is 10.5. The molecular formula is C9H14O4S2. The minimum Gasteiger partial charge on any atom is -0.264 e. The Morgan fingerprint density at radius 1 is 1.20 bits per heavy atom. The van der Waals surface area contributed by atoms with E-state index < -0.39 is 10.4 Å². The zero-order chi connectivity index (χ0) is 12.1. The van der Waals surface area contributed by atoms with Crippen molar-refractivity contribution in [3.05, 3.63) is 29.3 Å². The van der Waals surface area contributed by atoms with Crippen LogP contribution in [0.4, 0.5) is 0 Å². The van der Waals surface area contributed by atoms with Gasteiger partial charge in [-0.05, 0) is 37.1 Å². The molecule has 0 unspecified atom stereocenters. The third-order valence-corrected chi connectivity index (χ3v) is 2.10. The Bertz CT molecular complexity index is 362. The number of thiol groups is 1. The van der Waals surface area contributed by atoms with Crippen LogP contribution in [0.2, 0.25) is 0 Å². The molecule has 0 aliphatic rings. The molecule has 0 saturated carbocycles. The molecule has 0 saturated heterocycles. The third kappa shape index (κ3) is 8.44. The molecule has 0 radical (unpaired) electrons. The smallest absolute Gasteiger partial charge is 0.264 e. The van der Waals surface area contributed by atoms with E-state index in [2.05, 4.69) is 48.9 Å². The minimum atomic E-state index is -4.16. The first-order chi connectivity index (χ1) is 6.74. The molecule has 0 bridgehead atoms. The number of hydrogen-bond donors (Lipinski definition) is 2. The van der Waals surface area contributed by atoms with Crippen LogP contribution in [-0.2, 0) is 14.6 Å². The Labute approximate surface area is 95.6 Å². The summed E-state index contributed by atoms with van der Waals surface area (Å²) in [6, 6.07) is 6.24. The van der Waals surface area contributed by atoms with Gasteiger partial charge in [-0.3, -0.25) is 8.74 Å². The SMILES string of the molecule is COS(=O)(=O)O.Cc1cc(C)cc(S)c1. The van der Waals surface area contributed by atoms with Gasteiger partial charge in [0.25, 0.3) is 0 Å². The molecule has 1 rings (SSSR count). The molecule has 6 heteroatoms. The highest BCUT2D eigenvalue weighted by molar-refractivity contribution is 7.80. The highest BCUT2D eigenvalue weighted by Crippen LogP contribution is 2.11. The molecule has 1 aromatic rings. The molecule has 4 nitrogen and oxygen atoms in total. The minimum absolute atomic E-state index is 0.870. The maximum atomic E-state index is 9.33. The fraction of sp³-hybridized carbons (Fsp3) is 0.333. The maximum Gasteiger partial charge on any atom is 0.397 e. The van der Waals surface area contributed by atoms with Gasteiger partial charge in [0.15, 0.2) is 0 Å². The van der Waals surface area contributed by atoms with Crippen molar-refractivity contribution in [1.29, 1.82) is 0 Å². The highest BCUT2D eigenvalue weighted by atomic mass is 32.3. The van der Waals surface area contributed by atoms with Crippen LogP contribution in [0.15, 0.2) is 23.1 Å². The standard InChI is InChI=1S/C8H10S.CH4O4S/c1-6-3-7(2)5-8(9)4-6;1-5-6(2,3)4/h3-5,9H,1-2H3;1H3,(H,2,3,4). The first kappa shape index (κ1) is 14.4. The first-order valence-corrected chi connectivity index (χ1v) is 5.86. The molecule has 0 amide bonds. The molecule has 86 valence electrons. The summed E-state index contributed by atoms with van der Waals surface area (Å²) in [5.74, 6) is 0. The average molecular weight is 250 g/mol. The highest BCUT2D eigenvalue weighted by Gasteiger charge is 1.94. The summed E-state index contributed by atoms with van der Waals surface area (Å²) in [6.45, 7) is 4.15. The monoisotopic (exact) mass is 250 g/mol. The summed E-state index contributed by atoms with van der Waals surface area (Å²) < 4.78 is 29.7. The Morgan fingerprint density at radius 3 is 1.73 bits per heavy atom. The number of benzene rings is 1. The van der Waals surface area contributed by atoms with Crippen LogP contribution in [0, 0.1) is 13.8 Å². The van der Waals surface area contributed by atoms with Gasteiger partial charge < -0.3 is 0 Å². The van der Waals surface area contributed by atoms with Crippen molar-refractivity contribution >= 4 is 23.0 Å². The average Bonchev–Trinajstić information content (AvgIpc) is 2.01. The van der Waals surface area contributed by atoms with Crippen LogP contribution < -0.4 is 0 Å². The molecular weight excluding hydrogens is 236 g/mol. The van der Waals surface area contributed by atoms with Crippen molar-refractivity contribution in [3.63, 3.8) is 0 Å². The van der Waals surface area contributed by atoms with E-state index in [0.29, 0.717) is 0 Å². The molecule has 1 N–H and O–H groups in total. The van der Waals surface area contributed by atoms with Crippen molar-refractivity contribution in [2.45, 2.75) is 18.7 Å². The molecule has 0 heterocycles. The lowest BCUT2D eigenvalue weighted by molar-refractivity contribution is 0.324. The second kappa shape index (κ2) is 6.12. The summed E-state index contributed by atoms with van der Waals surface area (Å²) in [4.78, 5) is 1.05. The van der Waals surface area contributed by atoms with E-state index in [9.17, 15) is 8.42 Å². The van der Waals surface area contributed by atoms with E-state index in [1.54, 1.807) is 0 Å². The maximum absolute atomic E-state index is 9.33. The van der Waals surface area contributed by atoms with E-state index in [0.717, 1.165) is 12.0 Å². The molecule has 0 aromatic heterocycles. The largest absolute Gasteiger partial charge is 0.397 e. The molecule has 0 spiro atoms. The van der Waals surface area contributed by atoms with E-state index in [-0.39, 0.29) is 0 Å². The Kier molecular flexibility index (Phi) is 5.89. The van der Waals surface area contributed by atoms with Crippen LogP contribution in [0.1, 0.15) is 11.1 Å². The van der Waals surface area contributed by atoms with Gasteiger partial charge >= 0.3 is 10.4 Å². The van der Waals surface area contributed by atoms with Gasteiger partial charge in [-0.15, -0.1) is 12.6 Å². The molecule has 1 aromatic carbocycles. The summed E-state index contributed by atoms with van der Waals surface area (Å²) in [7, 11) is -3.29. The van der Waals surface area contributed by atoms with E-state index in [4.69, 9.17) is 4.55 Å². The van der Waals surface area contributed by atoms with Gasteiger partial charge in [0.1, 0.15) is 0 Å². The van der Waals surface area contributed by atoms with Gasteiger partial charge in [0, 0.05) is 4.90 Å². The lowest BCUT2D eigenvalue weighted by Gasteiger charge is -1.96. The summed E-state index contributed by atoms with van der Waals surface area (Å²) in [6.07, 6.45) is 0. The summed E-state index contributed by atoms with van der Waals surface area (Å²) >= 11 is 4.22. The van der Waals surface area contributed by atoms with Crippen molar-refractivity contribution in [2.75, 3.05) is 7.11 Å². The van der Waals surface area contributed by atoms with E-state index >= 15 is 0 Å². The fourth-order valence-electron chi connectivity index (χ4n) is 0.951. The molecule has 0 aliphatic heterocycles. The molecule has 0 atom stereocenters. The van der Waals surface area contributed by atoms with E-state index in [1.807, 2.05) is 0 Å². The van der Waals surface area contributed by atoms with Crippen LogP contribution >= 0.6 is 12.6 Å². The fourth-order valence-corrected chi connectivity index (χ4v) is 1.36. The summed E-state index contributed by atoms with van der Waals surface area (Å²) in [5.41, 5.74) is 2.56. The Hall–Kier alpha value is -0.560. The van der Waals surface area contributed by atoms with Crippen LogP contribution in [0.3, 0.4) is 0 Å². The second-order valence-corrected chi connectivity index (χ2v) is 4.65. The van der Waals surface area contributed by atoms with Crippen LogP contribution in [-0.4, -0.2) is 20.1 Å². The number of hydrogen-bond acceptors (Lipinski definition) is 4. The molecule has 15 heavy (non-hydrogen) atoms. The first-order valence-electron chi connectivity index (χ1n) is 4.05. The predicted molar refractivity (Wildman–Crippen MR) is 61.7 cm³/mol. The quantitative estimate of drug-likeness (QED) is 0.591. The van der Waals surface area contributed by atoms with Gasteiger partial charge in [0.05, 0.1) is 7.11 Å². The van der Waals surface area contributed by atoms with Crippen molar-refractivity contribution in [1.82, 2.24) is 0 Å². The van der Waals surface area contributed by atoms with Crippen molar-refractivity contribution < 1.29 is 17.2 Å². The zero-order valence-corrected chi connectivity index (χ0v) is 10.5. The Balaban J connectivity index is 0.000000288. The van der Waals surface area contributed by atoms with Gasteiger partial charge in [-0.1, -0.05) is 6.07 Å². The Morgan fingerprint density at radius 2 is 1.53 bits per heavy atom. The van der Waals surface area contributed by atoms with Gasteiger partial charge in [-0.25, -0.2) is 0 Å². The zero-order valence-electron chi connectivity index (χ0n) is 8.76. The van der Waals surface area contributed by atoms with Crippen LogP contribution in [0.25, 0.3) is 0 Å². The van der Waals surface area contributed by atoms with Crippen molar-refractivity contribution in [2.24, 2.45) is 0 Å². The number of rotatable bonds is 1. The van der Waals surface area contributed by atoms with Crippen molar-refractivity contribution in [3.8, 4) is 0 Å². The van der Waals surface area contributed by atoms with E-state index in [1.165, 1.54) is 11.1 Å². The second-order valence-electron chi connectivity index (χ2n) is 2.94. The van der Waals surface area contributed by atoms with Gasteiger partial charge in [-0.2, -0.15) is 8.42 Å². The topological polar surface area (TPSA) is 63.6 Å². The lowest BCUT2D eigenvalue weighted by Crippen LogP contribution is -1.96. The predicted octanol–water partition coefficient (Wildman–Crippen LogP) is 2.03. The van der Waals surface area contributed by atoms with Crippen LogP contribution in [0.5, 0.6) is 0 Å². The van der Waals surface area contributed by atoms with Gasteiger partial charge in [0.2, 0.25) is 0 Å². The lowest BCUT2D eigenvalue weighted by atomic mass is 10.2. The summed E-state index contributed by atoms with van der Waals surface area (Å²) in [5, 5.41) is 0. The number of aryl methyl sites for hydroxylation is 2.